The van der Waals surface area contributed by atoms with Crippen LogP contribution in [0.2, 0.25) is 0 Å². The number of hydrogen-bond acceptors (Lipinski definition) is 8. The fraction of sp³-hybridized carbons (Fsp3) is 0.571. The van der Waals surface area contributed by atoms with Gasteiger partial charge in [0.25, 0.3) is 0 Å². The van der Waals surface area contributed by atoms with E-state index in [1.165, 1.54) is 7.11 Å². The average Bonchev–Trinajstić information content (AvgIpc) is 3.28. The van der Waals surface area contributed by atoms with E-state index in [-0.39, 0.29) is 11.1 Å². The van der Waals surface area contributed by atoms with E-state index < -0.39 is 53.8 Å². The van der Waals surface area contributed by atoms with Crippen LogP contribution in [0.1, 0.15) is 33.6 Å². The summed E-state index contributed by atoms with van der Waals surface area (Å²) in [6.07, 6.45) is 0.0991. The predicted octanol–water partition coefficient (Wildman–Crippen LogP) is 1.37. The Labute approximate surface area is 169 Å². The van der Waals surface area contributed by atoms with Crippen LogP contribution in [0.5, 0.6) is 0 Å². The molecule has 0 aromatic heterocycles. The number of epoxide rings is 1. The van der Waals surface area contributed by atoms with Crippen LogP contribution in [-0.2, 0) is 33.3 Å². The fourth-order valence-corrected chi connectivity index (χ4v) is 3.92. The summed E-state index contributed by atoms with van der Waals surface area (Å²) in [5.41, 5.74) is -0.218. The second-order valence-corrected chi connectivity index (χ2v) is 7.75. The Morgan fingerprint density at radius 1 is 1.41 bits per heavy atom. The third kappa shape index (κ3) is 3.74. The van der Waals surface area contributed by atoms with Crippen molar-refractivity contribution in [1.82, 2.24) is 0 Å². The van der Waals surface area contributed by atoms with E-state index in [0.717, 1.165) is 0 Å². The summed E-state index contributed by atoms with van der Waals surface area (Å²) in [7, 11) is 1.20. The molecule has 2 fully saturated rings. The smallest absolute Gasteiger partial charge is 0.336 e. The maximum Gasteiger partial charge on any atom is 0.336 e. The summed E-state index contributed by atoms with van der Waals surface area (Å²) >= 11 is 0. The molecule has 2 aliphatic heterocycles. The van der Waals surface area contributed by atoms with Crippen molar-refractivity contribution < 1.29 is 38.4 Å². The Balaban J connectivity index is 2.07. The molecular weight excluding hydrogens is 380 g/mol. The zero-order valence-electron chi connectivity index (χ0n) is 17.0. The van der Waals surface area contributed by atoms with Crippen LogP contribution in [0.3, 0.4) is 0 Å². The van der Waals surface area contributed by atoms with E-state index in [9.17, 15) is 19.5 Å². The summed E-state index contributed by atoms with van der Waals surface area (Å²) in [6.45, 7) is 8.91. The SMILES string of the molecule is C=C1C(=O)O[C@@H]2[C@H]1[C@H](OC(=O)/C(C)=C\C)[C@@H](O)/C(C(=O)OC)=C\CC[C@@]1(C)O[C@@H]21. The third-order valence-electron chi connectivity index (χ3n) is 5.91. The van der Waals surface area contributed by atoms with E-state index in [1.54, 1.807) is 26.0 Å². The van der Waals surface area contributed by atoms with Crippen molar-refractivity contribution in [3.63, 3.8) is 0 Å². The van der Waals surface area contributed by atoms with Crippen LogP contribution >= 0.6 is 0 Å². The minimum Gasteiger partial charge on any atom is -0.466 e. The molecule has 1 N–H and O–H groups in total. The molecule has 29 heavy (non-hydrogen) atoms. The number of allylic oxidation sites excluding steroid dienone is 2. The van der Waals surface area contributed by atoms with Crippen LogP contribution in [0.4, 0.5) is 0 Å². The predicted molar refractivity (Wildman–Crippen MR) is 100 cm³/mol. The topological polar surface area (TPSA) is 112 Å². The summed E-state index contributed by atoms with van der Waals surface area (Å²) in [5, 5.41) is 11.1. The lowest BCUT2D eigenvalue weighted by molar-refractivity contribution is -0.157. The fourth-order valence-electron chi connectivity index (χ4n) is 3.92. The average molecular weight is 406 g/mol. The highest BCUT2D eigenvalue weighted by molar-refractivity contribution is 5.93. The molecule has 8 nitrogen and oxygen atoms in total. The maximum atomic E-state index is 12.5. The Kier molecular flexibility index (Phi) is 5.69. The van der Waals surface area contributed by atoms with Gasteiger partial charge in [-0.2, -0.15) is 0 Å². The number of esters is 3. The molecule has 0 unspecified atom stereocenters. The molecule has 0 aromatic rings. The molecule has 0 aromatic carbocycles. The minimum absolute atomic E-state index is 0.0444. The van der Waals surface area contributed by atoms with Gasteiger partial charge in [0.15, 0.2) is 0 Å². The van der Waals surface area contributed by atoms with Crippen molar-refractivity contribution in [3.8, 4) is 0 Å². The van der Waals surface area contributed by atoms with Crippen molar-refractivity contribution in [2.45, 2.75) is 63.6 Å². The van der Waals surface area contributed by atoms with Gasteiger partial charge in [0, 0.05) is 11.1 Å². The van der Waals surface area contributed by atoms with Crippen LogP contribution in [0.15, 0.2) is 35.5 Å². The van der Waals surface area contributed by atoms with Gasteiger partial charge >= 0.3 is 17.9 Å². The molecular formula is C21H26O8. The number of methoxy groups -OCH3 is 1. The lowest BCUT2D eigenvalue weighted by atomic mass is 9.80. The molecule has 0 bridgehead atoms. The maximum absolute atomic E-state index is 12.5. The molecule has 8 heteroatoms. The number of rotatable bonds is 3. The first kappa shape index (κ1) is 21.3. The van der Waals surface area contributed by atoms with E-state index >= 15 is 0 Å². The molecule has 158 valence electrons. The Bertz CT molecular complexity index is 809. The molecule has 6 atom stereocenters. The molecule has 3 rings (SSSR count). The first-order valence-electron chi connectivity index (χ1n) is 9.52. The largest absolute Gasteiger partial charge is 0.466 e. The molecule has 0 amide bonds. The van der Waals surface area contributed by atoms with E-state index in [1.807, 2.05) is 6.92 Å². The van der Waals surface area contributed by atoms with Gasteiger partial charge in [-0.3, -0.25) is 0 Å². The van der Waals surface area contributed by atoms with Gasteiger partial charge in [-0.05, 0) is 33.6 Å². The first-order valence-corrected chi connectivity index (χ1v) is 9.52. The standard InChI is InChI=1S/C21H26O8/c1-6-10(2)18(23)27-15-13-11(3)19(24)28-16(13)17-21(4,29-17)9-7-8-12(14(15)22)20(25)26-5/h6,8,13-17,22H,3,7,9H2,1-2,4-5H3/b10-6-,12-8+/t13-,14+,15+,16-,17+,21-/m1/s1. The monoisotopic (exact) mass is 406 g/mol. The minimum atomic E-state index is -1.53. The quantitative estimate of drug-likeness (QED) is 0.324. The van der Waals surface area contributed by atoms with Crippen molar-refractivity contribution in [2.75, 3.05) is 7.11 Å². The highest BCUT2D eigenvalue weighted by Crippen LogP contribution is 2.50. The second kappa shape index (κ2) is 7.76. The number of carbonyl (C=O) groups is 3. The second-order valence-electron chi connectivity index (χ2n) is 7.75. The van der Waals surface area contributed by atoms with Gasteiger partial charge in [0.05, 0.1) is 24.2 Å². The van der Waals surface area contributed by atoms with Crippen molar-refractivity contribution in [1.29, 1.82) is 0 Å². The van der Waals surface area contributed by atoms with Crippen molar-refractivity contribution >= 4 is 17.9 Å². The molecule has 2 saturated heterocycles. The normalized spacial score (nSPS) is 38.7. The number of fused-ring (bicyclic) bond motifs is 3. The number of hydrogen-bond donors (Lipinski definition) is 1. The molecule has 0 radical (unpaired) electrons. The number of aliphatic hydroxyl groups is 1. The number of aliphatic hydroxyl groups excluding tert-OH is 1. The molecule has 3 aliphatic rings. The zero-order chi connectivity index (χ0) is 21.5. The zero-order valence-corrected chi connectivity index (χ0v) is 17.0. The van der Waals surface area contributed by atoms with Crippen molar-refractivity contribution in [2.24, 2.45) is 5.92 Å². The Morgan fingerprint density at radius 2 is 2.10 bits per heavy atom. The lowest BCUT2D eigenvalue weighted by Crippen LogP contribution is -2.46. The summed E-state index contributed by atoms with van der Waals surface area (Å²) in [6, 6.07) is 0. The van der Waals surface area contributed by atoms with E-state index in [0.29, 0.717) is 18.4 Å². The van der Waals surface area contributed by atoms with Gasteiger partial charge in [0.2, 0.25) is 0 Å². The van der Waals surface area contributed by atoms with Gasteiger partial charge in [-0.25, -0.2) is 14.4 Å². The van der Waals surface area contributed by atoms with Crippen LogP contribution in [0.25, 0.3) is 0 Å². The van der Waals surface area contributed by atoms with Gasteiger partial charge in [0.1, 0.15) is 24.4 Å². The Hall–Kier alpha value is -2.45. The molecule has 1 aliphatic carbocycles. The van der Waals surface area contributed by atoms with Crippen LogP contribution in [-0.4, -0.2) is 60.1 Å². The number of ether oxygens (including phenoxy) is 4. The lowest BCUT2D eigenvalue weighted by Gasteiger charge is -2.31. The van der Waals surface area contributed by atoms with Gasteiger partial charge in [-0.15, -0.1) is 0 Å². The van der Waals surface area contributed by atoms with Crippen LogP contribution < -0.4 is 0 Å². The van der Waals surface area contributed by atoms with E-state index in [2.05, 4.69) is 6.58 Å². The highest BCUT2D eigenvalue weighted by atomic mass is 16.7. The molecule has 2 heterocycles. The van der Waals surface area contributed by atoms with Crippen LogP contribution in [0, 0.1) is 5.92 Å². The first-order chi connectivity index (χ1) is 13.6. The highest BCUT2D eigenvalue weighted by Gasteiger charge is 2.64. The van der Waals surface area contributed by atoms with E-state index in [4.69, 9.17) is 18.9 Å². The summed E-state index contributed by atoms with van der Waals surface area (Å²) in [4.78, 5) is 37.1. The molecule has 0 saturated carbocycles. The Morgan fingerprint density at radius 3 is 2.72 bits per heavy atom. The molecule has 0 spiro atoms. The van der Waals surface area contributed by atoms with Gasteiger partial charge in [-0.1, -0.05) is 18.7 Å². The van der Waals surface area contributed by atoms with Crippen molar-refractivity contribution in [3.05, 3.63) is 35.5 Å². The third-order valence-corrected chi connectivity index (χ3v) is 5.91. The summed E-state index contributed by atoms with van der Waals surface area (Å²) in [5.74, 6) is -2.93. The summed E-state index contributed by atoms with van der Waals surface area (Å²) < 4.78 is 21.7. The van der Waals surface area contributed by atoms with Gasteiger partial charge < -0.3 is 24.1 Å². The number of carbonyl (C=O) groups excluding carboxylic acids is 3.